The van der Waals surface area contributed by atoms with Gasteiger partial charge in [-0.05, 0) is 30.3 Å². The Morgan fingerprint density at radius 3 is 2.64 bits per heavy atom. The van der Waals surface area contributed by atoms with Crippen LogP contribution in [0.3, 0.4) is 0 Å². The molecule has 8 nitrogen and oxygen atoms in total. The molecule has 2 rings (SSSR count). The van der Waals surface area contributed by atoms with Crippen molar-refractivity contribution >= 4 is 27.6 Å². The molecule has 0 aliphatic rings. The predicted molar refractivity (Wildman–Crippen MR) is 90.4 cm³/mol. The third-order valence-electron chi connectivity index (χ3n) is 3.13. The number of ether oxygens (including phenoxy) is 1. The van der Waals surface area contributed by atoms with Gasteiger partial charge in [-0.25, -0.2) is 13.2 Å². The van der Waals surface area contributed by atoms with Gasteiger partial charge in [0.2, 0.25) is 10.0 Å². The number of carbonyl (C=O) groups excluding carboxylic acids is 2. The average molecular weight is 366 g/mol. The molecule has 25 heavy (non-hydrogen) atoms. The van der Waals surface area contributed by atoms with E-state index < -0.39 is 28.5 Å². The van der Waals surface area contributed by atoms with Gasteiger partial charge in [0.25, 0.3) is 5.91 Å². The summed E-state index contributed by atoms with van der Waals surface area (Å²) in [5, 5.41) is 0. The Kier molecular flexibility index (Phi) is 5.81. The van der Waals surface area contributed by atoms with E-state index in [1.165, 1.54) is 35.4 Å². The van der Waals surface area contributed by atoms with Crippen LogP contribution in [-0.2, 0) is 26.1 Å². The first-order valence-corrected chi connectivity index (χ1v) is 9.15. The van der Waals surface area contributed by atoms with Crippen molar-refractivity contribution in [1.29, 1.82) is 0 Å². The van der Waals surface area contributed by atoms with Gasteiger partial charge in [-0.1, -0.05) is 6.07 Å². The fourth-order valence-corrected chi connectivity index (χ4v) is 2.52. The molecule has 0 fully saturated rings. The van der Waals surface area contributed by atoms with Gasteiger partial charge < -0.3 is 14.1 Å². The fourth-order valence-electron chi connectivity index (χ4n) is 1.97. The number of nitrogens with one attached hydrogen (secondary N) is 1. The van der Waals surface area contributed by atoms with E-state index in [0.717, 1.165) is 6.26 Å². The highest BCUT2D eigenvalue weighted by molar-refractivity contribution is 7.92. The summed E-state index contributed by atoms with van der Waals surface area (Å²) >= 11 is 0. The molecule has 1 aromatic heterocycles. The van der Waals surface area contributed by atoms with Gasteiger partial charge >= 0.3 is 5.97 Å². The van der Waals surface area contributed by atoms with Crippen LogP contribution in [0.5, 0.6) is 0 Å². The Hall–Kier alpha value is -2.81. The lowest BCUT2D eigenvalue weighted by Crippen LogP contribution is -2.30. The van der Waals surface area contributed by atoms with Crippen molar-refractivity contribution in [3.8, 4) is 0 Å². The zero-order chi connectivity index (χ0) is 18.4. The molecule has 0 radical (unpaired) electrons. The van der Waals surface area contributed by atoms with Crippen LogP contribution in [-0.4, -0.2) is 45.1 Å². The average Bonchev–Trinajstić information content (AvgIpc) is 3.03. The SMILES string of the molecule is CN(Cc1ccco1)C(=O)COC(=O)c1cccc(NS(C)(=O)=O)c1. The highest BCUT2D eigenvalue weighted by atomic mass is 32.2. The summed E-state index contributed by atoms with van der Waals surface area (Å²) in [5.41, 5.74) is 0.369. The summed E-state index contributed by atoms with van der Waals surface area (Å²) in [7, 11) is -1.89. The van der Waals surface area contributed by atoms with E-state index in [2.05, 4.69) is 4.72 Å². The Morgan fingerprint density at radius 2 is 2.00 bits per heavy atom. The van der Waals surface area contributed by atoms with Gasteiger partial charge in [-0.3, -0.25) is 9.52 Å². The molecule has 1 heterocycles. The predicted octanol–water partition coefficient (Wildman–Crippen LogP) is 1.47. The van der Waals surface area contributed by atoms with Crippen LogP contribution in [0.1, 0.15) is 16.1 Å². The highest BCUT2D eigenvalue weighted by Gasteiger charge is 2.15. The van der Waals surface area contributed by atoms with Crippen LogP contribution >= 0.6 is 0 Å². The zero-order valence-electron chi connectivity index (χ0n) is 13.8. The van der Waals surface area contributed by atoms with E-state index in [0.29, 0.717) is 5.76 Å². The second-order valence-corrected chi connectivity index (χ2v) is 7.11. The molecule has 1 aromatic carbocycles. The van der Waals surface area contributed by atoms with Crippen LogP contribution in [0.15, 0.2) is 47.1 Å². The third-order valence-corrected chi connectivity index (χ3v) is 3.73. The Bertz CT molecular complexity index is 845. The van der Waals surface area contributed by atoms with E-state index >= 15 is 0 Å². The van der Waals surface area contributed by atoms with E-state index in [9.17, 15) is 18.0 Å². The van der Waals surface area contributed by atoms with E-state index in [-0.39, 0.29) is 17.8 Å². The number of nitrogens with zero attached hydrogens (tertiary/aromatic N) is 1. The topological polar surface area (TPSA) is 106 Å². The highest BCUT2D eigenvalue weighted by Crippen LogP contribution is 2.13. The number of rotatable bonds is 7. The number of amides is 1. The number of hydrogen-bond acceptors (Lipinski definition) is 6. The van der Waals surface area contributed by atoms with Gasteiger partial charge in [0.05, 0.1) is 24.6 Å². The zero-order valence-corrected chi connectivity index (χ0v) is 14.6. The number of furan rings is 1. The van der Waals surface area contributed by atoms with Crippen LogP contribution in [0.25, 0.3) is 0 Å². The molecule has 134 valence electrons. The number of carbonyl (C=O) groups is 2. The first-order valence-electron chi connectivity index (χ1n) is 7.26. The molecule has 0 atom stereocenters. The van der Waals surface area contributed by atoms with Gasteiger partial charge in [0.15, 0.2) is 6.61 Å². The Morgan fingerprint density at radius 1 is 1.24 bits per heavy atom. The quantitative estimate of drug-likeness (QED) is 0.744. The molecule has 0 saturated carbocycles. The molecule has 1 amide bonds. The summed E-state index contributed by atoms with van der Waals surface area (Å²) in [6.07, 6.45) is 2.51. The van der Waals surface area contributed by atoms with Gasteiger partial charge in [-0.2, -0.15) is 0 Å². The lowest BCUT2D eigenvalue weighted by Gasteiger charge is -2.15. The van der Waals surface area contributed by atoms with E-state index in [4.69, 9.17) is 9.15 Å². The summed E-state index contributed by atoms with van der Waals surface area (Å²) in [6.45, 7) is -0.170. The van der Waals surface area contributed by atoms with Crippen molar-refractivity contribution < 1.29 is 27.2 Å². The van der Waals surface area contributed by atoms with Crippen molar-refractivity contribution in [1.82, 2.24) is 4.90 Å². The standard InChI is InChI=1S/C16H18N2O6S/c1-18(10-14-7-4-8-23-14)15(19)11-24-16(20)12-5-3-6-13(9-12)17-25(2,21)22/h3-9,17H,10-11H2,1-2H3. The van der Waals surface area contributed by atoms with Crippen molar-refractivity contribution in [2.45, 2.75) is 6.54 Å². The van der Waals surface area contributed by atoms with Gasteiger partial charge in [0, 0.05) is 12.7 Å². The van der Waals surface area contributed by atoms with Crippen LogP contribution in [0.2, 0.25) is 0 Å². The number of sulfonamides is 1. The molecule has 0 unspecified atom stereocenters. The van der Waals surface area contributed by atoms with Crippen molar-refractivity contribution in [2.75, 3.05) is 24.6 Å². The largest absolute Gasteiger partial charge is 0.467 e. The maximum atomic E-state index is 12.0. The van der Waals surface area contributed by atoms with Crippen molar-refractivity contribution in [3.05, 3.63) is 54.0 Å². The number of esters is 1. The maximum absolute atomic E-state index is 12.0. The third kappa shape index (κ3) is 5.96. The van der Waals surface area contributed by atoms with E-state index in [1.807, 2.05) is 0 Å². The molecule has 0 saturated heterocycles. The lowest BCUT2D eigenvalue weighted by atomic mass is 10.2. The van der Waals surface area contributed by atoms with Crippen LogP contribution < -0.4 is 4.72 Å². The molecule has 1 N–H and O–H groups in total. The monoisotopic (exact) mass is 366 g/mol. The summed E-state index contributed by atoms with van der Waals surface area (Å²) in [4.78, 5) is 25.4. The number of likely N-dealkylation sites (N-methyl/N-ethyl adjacent to an activating group) is 1. The number of hydrogen-bond donors (Lipinski definition) is 1. The Balaban J connectivity index is 1.91. The summed E-state index contributed by atoms with van der Waals surface area (Å²) < 4.78 is 34.8. The molecule has 9 heteroatoms. The maximum Gasteiger partial charge on any atom is 0.338 e. The molecule has 0 spiro atoms. The first-order chi connectivity index (χ1) is 11.7. The number of benzene rings is 1. The molecule has 0 bridgehead atoms. The van der Waals surface area contributed by atoms with Crippen LogP contribution in [0.4, 0.5) is 5.69 Å². The van der Waals surface area contributed by atoms with Gasteiger partial charge in [-0.15, -0.1) is 0 Å². The first kappa shape index (κ1) is 18.5. The molecule has 0 aliphatic heterocycles. The van der Waals surface area contributed by atoms with Crippen molar-refractivity contribution in [3.63, 3.8) is 0 Å². The van der Waals surface area contributed by atoms with Crippen LogP contribution in [0, 0.1) is 0 Å². The summed E-state index contributed by atoms with van der Waals surface area (Å²) in [6, 6.07) is 9.25. The normalized spacial score (nSPS) is 11.0. The number of anilines is 1. The summed E-state index contributed by atoms with van der Waals surface area (Å²) in [5.74, 6) is -0.506. The molecular formula is C16H18N2O6S. The minimum absolute atomic E-state index is 0.134. The van der Waals surface area contributed by atoms with E-state index in [1.54, 1.807) is 19.2 Å². The van der Waals surface area contributed by atoms with Crippen molar-refractivity contribution in [2.24, 2.45) is 0 Å². The molecular weight excluding hydrogens is 348 g/mol. The smallest absolute Gasteiger partial charge is 0.338 e. The molecule has 0 aliphatic carbocycles. The minimum atomic E-state index is -3.45. The second-order valence-electron chi connectivity index (χ2n) is 5.36. The Labute approximate surface area is 145 Å². The second kappa shape index (κ2) is 7.84. The van der Waals surface area contributed by atoms with Gasteiger partial charge in [0.1, 0.15) is 5.76 Å². The lowest BCUT2D eigenvalue weighted by molar-refractivity contribution is -0.133. The fraction of sp³-hybridized carbons (Fsp3) is 0.250. The minimum Gasteiger partial charge on any atom is -0.467 e. The molecule has 2 aromatic rings.